The molecule has 132 valence electrons. The number of rotatable bonds is 6. The van der Waals surface area contributed by atoms with Crippen LogP contribution in [0.5, 0.6) is 11.5 Å². The normalized spacial score (nSPS) is 9.84. The predicted octanol–water partition coefficient (Wildman–Crippen LogP) is 3.69. The molecule has 0 bridgehead atoms. The molecule has 0 aliphatic heterocycles. The Hall–Kier alpha value is -3.22. The molecule has 0 atom stereocenters. The first-order chi connectivity index (χ1) is 12.1. The lowest BCUT2D eigenvalue weighted by Gasteiger charge is -2.07. The average molecular weight is 346 g/mol. The third-order valence-electron chi connectivity index (χ3n) is 3.20. The summed E-state index contributed by atoms with van der Waals surface area (Å²) in [5.41, 5.74) is 1.45. The third kappa shape index (κ3) is 6.06. The van der Waals surface area contributed by atoms with E-state index in [9.17, 15) is 9.59 Å². The number of hydrogen-bond acceptors (Lipinski definition) is 7. The second-order valence-corrected chi connectivity index (χ2v) is 4.88. The van der Waals surface area contributed by atoms with Gasteiger partial charge in [-0.15, -0.1) is 0 Å². The summed E-state index contributed by atoms with van der Waals surface area (Å²) in [6.07, 6.45) is -2.26. The highest BCUT2D eigenvalue weighted by molar-refractivity contribution is 5.76. The highest BCUT2D eigenvalue weighted by atomic mass is 16.8. The van der Waals surface area contributed by atoms with Gasteiger partial charge in [-0.2, -0.15) is 0 Å². The molecule has 7 nitrogen and oxygen atoms in total. The van der Waals surface area contributed by atoms with Crippen LogP contribution >= 0.6 is 0 Å². The van der Waals surface area contributed by atoms with Crippen LogP contribution in [0.2, 0.25) is 0 Å². The highest BCUT2D eigenvalue weighted by Gasteiger charge is 2.13. The molecule has 0 aliphatic carbocycles. The second kappa shape index (κ2) is 9.17. The number of carbonyl (C=O) groups excluding carboxylic acids is 2. The van der Waals surface area contributed by atoms with Gasteiger partial charge >= 0.3 is 12.3 Å². The van der Waals surface area contributed by atoms with Gasteiger partial charge < -0.3 is 23.7 Å². The van der Waals surface area contributed by atoms with Crippen LogP contribution in [0.1, 0.15) is 11.1 Å². The van der Waals surface area contributed by atoms with Gasteiger partial charge in [0.25, 0.3) is 0 Å². The highest BCUT2D eigenvalue weighted by Crippen LogP contribution is 2.13. The maximum absolute atomic E-state index is 11.5. The summed E-state index contributed by atoms with van der Waals surface area (Å²) in [5, 5.41) is 0. The van der Waals surface area contributed by atoms with Crippen LogP contribution in [-0.4, -0.2) is 26.5 Å². The van der Waals surface area contributed by atoms with Gasteiger partial charge in [0, 0.05) is 0 Å². The number of carbonyl (C=O) groups is 2. The second-order valence-electron chi connectivity index (χ2n) is 4.88. The first-order valence-corrected chi connectivity index (χ1v) is 7.38. The molecule has 0 unspecified atom stereocenters. The molecule has 0 spiro atoms. The van der Waals surface area contributed by atoms with Gasteiger partial charge in [-0.25, -0.2) is 9.59 Å². The quantitative estimate of drug-likeness (QED) is 0.583. The van der Waals surface area contributed by atoms with E-state index in [1.54, 1.807) is 62.8 Å². The van der Waals surface area contributed by atoms with Gasteiger partial charge in [-0.05, 0) is 35.4 Å². The summed E-state index contributed by atoms with van der Waals surface area (Å²) >= 11 is 0. The molecule has 0 radical (unpaired) electrons. The summed E-state index contributed by atoms with van der Waals surface area (Å²) < 4.78 is 24.1. The van der Waals surface area contributed by atoms with Crippen molar-refractivity contribution < 1.29 is 33.3 Å². The van der Waals surface area contributed by atoms with Crippen LogP contribution in [0.25, 0.3) is 0 Å². The fourth-order valence-corrected chi connectivity index (χ4v) is 1.86. The fourth-order valence-electron chi connectivity index (χ4n) is 1.86. The molecule has 0 saturated heterocycles. The van der Waals surface area contributed by atoms with E-state index in [0.717, 1.165) is 11.1 Å². The summed E-state index contributed by atoms with van der Waals surface area (Å²) in [4.78, 5) is 22.9. The molecule has 0 amide bonds. The van der Waals surface area contributed by atoms with Crippen LogP contribution in [0, 0.1) is 0 Å². The fraction of sp³-hybridized carbons (Fsp3) is 0.222. The zero-order valence-electron chi connectivity index (χ0n) is 13.9. The van der Waals surface area contributed by atoms with E-state index >= 15 is 0 Å². The smallest absolute Gasteiger partial charge is 0.497 e. The lowest BCUT2D eigenvalue weighted by molar-refractivity contribution is 0.0302. The Morgan fingerprint density at radius 1 is 0.680 bits per heavy atom. The van der Waals surface area contributed by atoms with Crippen LogP contribution in [-0.2, 0) is 27.4 Å². The Kier molecular flexibility index (Phi) is 6.65. The number of benzene rings is 2. The van der Waals surface area contributed by atoms with Crippen molar-refractivity contribution in [3.63, 3.8) is 0 Å². The van der Waals surface area contributed by atoms with Crippen LogP contribution in [0.3, 0.4) is 0 Å². The van der Waals surface area contributed by atoms with Crippen molar-refractivity contribution in [2.24, 2.45) is 0 Å². The molecule has 2 rings (SSSR count). The summed E-state index contributed by atoms with van der Waals surface area (Å²) in [5.74, 6) is 1.38. The molecule has 0 heterocycles. The van der Waals surface area contributed by atoms with Crippen LogP contribution in [0.15, 0.2) is 48.5 Å². The van der Waals surface area contributed by atoms with Crippen molar-refractivity contribution in [1.29, 1.82) is 0 Å². The topological polar surface area (TPSA) is 80.3 Å². The summed E-state index contributed by atoms with van der Waals surface area (Å²) in [7, 11) is 3.11. The Balaban J connectivity index is 1.70. The van der Waals surface area contributed by atoms with Crippen LogP contribution < -0.4 is 9.47 Å². The van der Waals surface area contributed by atoms with Gasteiger partial charge in [0.05, 0.1) is 14.2 Å². The average Bonchev–Trinajstić information content (AvgIpc) is 2.65. The van der Waals surface area contributed by atoms with Gasteiger partial charge in [0.2, 0.25) is 0 Å². The Labute approximate surface area is 145 Å². The molecule has 0 aliphatic rings. The number of methoxy groups -OCH3 is 2. The Morgan fingerprint density at radius 3 is 1.36 bits per heavy atom. The molecule has 0 N–H and O–H groups in total. The van der Waals surface area contributed by atoms with Gasteiger partial charge in [0.1, 0.15) is 24.7 Å². The van der Waals surface area contributed by atoms with E-state index in [2.05, 4.69) is 4.74 Å². The molecule has 25 heavy (non-hydrogen) atoms. The maximum atomic E-state index is 11.5. The monoisotopic (exact) mass is 346 g/mol. The predicted molar refractivity (Wildman–Crippen MR) is 87.4 cm³/mol. The first-order valence-electron chi connectivity index (χ1n) is 7.38. The molecule has 0 fully saturated rings. The maximum Gasteiger partial charge on any atom is 0.518 e. The van der Waals surface area contributed by atoms with Crippen LogP contribution in [0.4, 0.5) is 9.59 Å². The largest absolute Gasteiger partial charge is 0.518 e. The van der Waals surface area contributed by atoms with Crippen molar-refractivity contribution >= 4 is 12.3 Å². The third-order valence-corrected chi connectivity index (χ3v) is 3.20. The van der Waals surface area contributed by atoms with Gasteiger partial charge in [0.15, 0.2) is 0 Å². The first kappa shape index (κ1) is 18.1. The van der Waals surface area contributed by atoms with E-state index in [4.69, 9.17) is 18.9 Å². The van der Waals surface area contributed by atoms with Gasteiger partial charge in [-0.3, -0.25) is 0 Å². The Morgan fingerprint density at radius 2 is 1.04 bits per heavy atom. The minimum Gasteiger partial charge on any atom is -0.497 e. The molecule has 2 aromatic rings. The molecule has 0 saturated carbocycles. The number of hydrogen-bond donors (Lipinski definition) is 0. The van der Waals surface area contributed by atoms with E-state index in [-0.39, 0.29) is 13.2 Å². The zero-order valence-corrected chi connectivity index (χ0v) is 13.9. The van der Waals surface area contributed by atoms with Gasteiger partial charge in [-0.1, -0.05) is 24.3 Å². The summed E-state index contributed by atoms with van der Waals surface area (Å²) in [6, 6.07) is 13.8. The molecule has 2 aromatic carbocycles. The molecule has 7 heteroatoms. The van der Waals surface area contributed by atoms with Crippen molar-refractivity contribution in [2.75, 3.05) is 14.2 Å². The SMILES string of the molecule is COc1ccc(COC(=O)OC(=O)OCc2ccc(OC)cc2)cc1. The molecule has 0 aromatic heterocycles. The lowest BCUT2D eigenvalue weighted by Crippen LogP contribution is -2.15. The summed E-state index contributed by atoms with van der Waals surface area (Å²) in [6.45, 7) is -0.0663. The van der Waals surface area contributed by atoms with E-state index < -0.39 is 12.3 Å². The number of ether oxygens (including phenoxy) is 5. The van der Waals surface area contributed by atoms with E-state index in [1.165, 1.54) is 0 Å². The zero-order chi connectivity index (χ0) is 18.1. The van der Waals surface area contributed by atoms with E-state index in [1.807, 2.05) is 0 Å². The lowest BCUT2D eigenvalue weighted by atomic mass is 10.2. The minimum absolute atomic E-state index is 0.0331. The van der Waals surface area contributed by atoms with Crippen molar-refractivity contribution in [3.05, 3.63) is 59.7 Å². The van der Waals surface area contributed by atoms with E-state index in [0.29, 0.717) is 11.5 Å². The standard InChI is InChI=1S/C18H18O7/c1-21-15-7-3-13(4-8-15)11-23-17(19)25-18(20)24-12-14-5-9-16(22-2)10-6-14/h3-10H,11-12H2,1-2H3. The molecular weight excluding hydrogens is 328 g/mol. The van der Waals surface area contributed by atoms with Crippen molar-refractivity contribution in [2.45, 2.75) is 13.2 Å². The van der Waals surface area contributed by atoms with Crippen molar-refractivity contribution in [1.82, 2.24) is 0 Å². The Bertz CT molecular complexity index is 631. The van der Waals surface area contributed by atoms with Crippen molar-refractivity contribution in [3.8, 4) is 11.5 Å². The molecular formula is C18H18O7. The minimum atomic E-state index is -1.13.